The number of hydrogen-bond donors (Lipinski definition) is 2. The number of carbonyl (C=O) groups excluding carboxylic acids is 2. The fraction of sp³-hybridized carbons (Fsp3) is 0.222. The normalized spacial score (nSPS) is 10.2. The van der Waals surface area contributed by atoms with Gasteiger partial charge in [-0.3, -0.25) is 9.59 Å². The molecule has 0 atom stereocenters. The summed E-state index contributed by atoms with van der Waals surface area (Å²) in [5, 5.41) is 2.87. The molecule has 7 heteroatoms. The molecule has 0 aliphatic carbocycles. The highest BCUT2D eigenvalue weighted by molar-refractivity contribution is 14.1. The van der Waals surface area contributed by atoms with Crippen LogP contribution in [-0.4, -0.2) is 32.6 Å². The molecule has 0 bridgehead atoms. The number of methoxy groups -OCH3 is 2. The summed E-state index contributed by atoms with van der Waals surface area (Å²) in [6, 6.07) is 10.5. The van der Waals surface area contributed by atoms with Gasteiger partial charge in [-0.1, -0.05) is 12.1 Å². The van der Waals surface area contributed by atoms with Gasteiger partial charge in [-0.2, -0.15) is 0 Å². The molecule has 132 valence electrons. The lowest BCUT2D eigenvalue weighted by atomic mass is 10.1. The van der Waals surface area contributed by atoms with Crippen molar-refractivity contribution in [3.05, 3.63) is 56.7 Å². The molecule has 2 amide bonds. The van der Waals surface area contributed by atoms with E-state index in [1.165, 1.54) is 7.11 Å². The second-order valence-electron chi connectivity index (χ2n) is 5.26. The minimum atomic E-state index is -0.467. The van der Waals surface area contributed by atoms with Gasteiger partial charge in [0.15, 0.2) is 11.5 Å². The SMILES string of the molecule is COc1cc(I)c(C(=O)NCCc2cccc(C(N)=O)c2)cc1OC. The molecule has 0 spiro atoms. The Hall–Kier alpha value is -2.29. The molecule has 0 aromatic heterocycles. The van der Waals surface area contributed by atoms with Gasteiger partial charge in [0, 0.05) is 15.7 Å². The fourth-order valence-corrected chi connectivity index (χ4v) is 3.01. The largest absolute Gasteiger partial charge is 0.493 e. The first-order valence-corrected chi connectivity index (χ1v) is 8.62. The highest BCUT2D eigenvalue weighted by atomic mass is 127. The number of benzene rings is 2. The quantitative estimate of drug-likeness (QED) is 0.629. The van der Waals surface area contributed by atoms with Crippen LogP contribution in [-0.2, 0) is 6.42 Å². The molecule has 0 aliphatic heterocycles. The minimum Gasteiger partial charge on any atom is -0.493 e. The third-order valence-corrected chi connectivity index (χ3v) is 4.52. The highest BCUT2D eigenvalue weighted by Gasteiger charge is 2.15. The van der Waals surface area contributed by atoms with Crippen molar-refractivity contribution in [2.24, 2.45) is 5.73 Å². The molecular formula is C18H19IN2O4. The molecule has 0 radical (unpaired) electrons. The molecule has 2 aromatic carbocycles. The molecule has 2 aromatic rings. The van der Waals surface area contributed by atoms with Gasteiger partial charge in [0.2, 0.25) is 5.91 Å². The van der Waals surface area contributed by atoms with E-state index in [9.17, 15) is 9.59 Å². The first-order chi connectivity index (χ1) is 12.0. The van der Waals surface area contributed by atoms with Crippen LogP contribution in [0, 0.1) is 3.57 Å². The van der Waals surface area contributed by atoms with Crippen LogP contribution in [0.15, 0.2) is 36.4 Å². The summed E-state index contributed by atoms with van der Waals surface area (Å²) < 4.78 is 11.2. The molecule has 0 fully saturated rings. The van der Waals surface area contributed by atoms with Crippen molar-refractivity contribution in [2.45, 2.75) is 6.42 Å². The Morgan fingerprint density at radius 2 is 1.80 bits per heavy atom. The van der Waals surface area contributed by atoms with Crippen molar-refractivity contribution < 1.29 is 19.1 Å². The first-order valence-electron chi connectivity index (χ1n) is 7.54. The van der Waals surface area contributed by atoms with Gasteiger partial charge < -0.3 is 20.5 Å². The molecule has 0 saturated heterocycles. The predicted octanol–water partition coefficient (Wildman–Crippen LogP) is 2.38. The van der Waals surface area contributed by atoms with Gasteiger partial charge in [0.25, 0.3) is 5.91 Å². The summed E-state index contributed by atoms with van der Waals surface area (Å²) in [5.41, 5.74) is 7.18. The van der Waals surface area contributed by atoms with E-state index >= 15 is 0 Å². The maximum Gasteiger partial charge on any atom is 0.252 e. The summed E-state index contributed by atoms with van der Waals surface area (Å²) in [5.74, 6) is 0.413. The zero-order valence-corrected chi connectivity index (χ0v) is 16.1. The Morgan fingerprint density at radius 1 is 1.12 bits per heavy atom. The van der Waals surface area contributed by atoms with Crippen LogP contribution in [0.1, 0.15) is 26.3 Å². The van der Waals surface area contributed by atoms with E-state index in [1.54, 1.807) is 37.4 Å². The second-order valence-corrected chi connectivity index (χ2v) is 6.42. The molecule has 0 heterocycles. The number of halogens is 1. The van der Waals surface area contributed by atoms with E-state index in [1.807, 2.05) is 6.07 Å². The maximum atomic E-state index is 12.4. The monoisotopic (exact) mass is 454 g/mol. The van der Waals surface area contributed by atoms with E-state index < -0.39 is 5.91 Å². The van der Waals surface area contributed by atoms with Crippen molar-refractivity contribution in [3.63, 3.8) is 0 Å². The number of nitrogens with one attached hydrogen (secondary N) is 1. The van der Waals surface area contributed by atoms with Crippen LogP contribution in [0.5, 0.6) is 11.5 Å². The van der Waals surface area contributed by atoms with Crippen LogP contribution in [0.3, 0.4) is 0 Å². The van der Waals surface area contributed by atoms with Crippen LogP contribution < -0.4 is 20.5 Å². The Bertz CT molecular complexity index is 793. The molecule has 2 rings (SSSR count). The number of primary amides is 1. The van der Waals surface area contributed by atoms with Crippen molar-refractivity contribution in [3.8, 4) is 11.5 Å². The summed E-state index contributed by atoms with van der Waals surface area (Å²) in [6.45, 7) is 0.436. The lowest BCUT2D eigenvalue weighted by molar-refractivity contribution is 0.0951. The summed E-state index contributed by atoms with van der Waals surface area (Å²) >= 11 is 2.08. The molecule has 25 heavy (non-hydrogen) atoms. The van der Waals surface area contributed by atoms with E-state index in [-0.39, 0.29) is 5.91 Å². The minimum absolute atomic E-state index is 0.198. The van der Waals surface area contributed by atoms with E-state index in [4.69, 9.17) is 15.2 Å². The Morgan fingerprint density at radius 3 is 2.44 bits per heavy atom. The van der Waals surface area contributed by atoms with Crippen molar-refractivity contribution in [1.82, 2.24) is 5.32 Å². The van der Waals surface area contributed by atoms with Crippen LogP contribution in [0.4, 0.5) is 0 Å². The van der Waals surface area contributed by atoms with Gasteiger partial charge in [0.05, 0.1) is 19.8 Å². The van der Waals surface area contributed by atoms with Gasteiger partial charge in [-0.05, 0) is 58.8 Å². The van der Waals surface area contributed by atoms with Crippen LogP contribution in [0.2, 0.25) is 0 Å². The molecule has 6 nitrogen and oxygen atoms in total. The molecule has 0 aliphatic rings. The summed E-state index contributed by atoms with van der Waals surface area (Å²) in [4.78, 5) is 23.6. The Kier molecular flexibility index (Phi) is 6.63. The molecule has 3 N–H and O–H groups in total. The predicted molar refractivity (Wildman–Crippen MR) is 103 cm³/mol. The van der Waals surface area contributed by atoms with Gasteiger partial charge in [-0.15, -0.1) is 0 Å². The number of hydrogen-bond acceptors (Lipinski definition) is 4. The fourth-order valence-electron chi connectivity index (χ4n) is 2.32. The van der Waals surface area contributed by atoms with E-state index in [0.717, 1.165) is 9.13 Å². The second kappa shape index (κ2) is 8.70. The third kappa shape index (κ3) is 4.85. The molecule has 0 unspecified atom stereocenters. The van der Waals surface area contributed by atoms with Gasteiger partial charge in [0.1, 0.15) is 0 Å². The van der Waals surface area contributed by atoms with Gasteiger partial charge in [-0.25, -0.2) is 0 Å². The number of ether oxygens (including phenoxy) is 2. The number of rotatable bonds is 7. The summed E-state index contributed by atoms with van der Waals surface area (Å²) in [6.07, 6.45) is 0.594. The topological polar surface area (TPSA) is 90.6 Å². The Labute approximate surface area is 159 Å². The number of amides is 2. The zero-order valence-electron chi connectivity index (χ0n) is 14.0. The van der Waals surface area contributed by atoms with Crippen molar-refractivity contribution in [1.29, 1.82) is 0 Å². The Balaban J connectivity index is 2.03. The molecular weight excluding hydrogens is 435 g/mol. The van der Waals surface area contributed by atoms with E-state index in [2.05, 4.69) is 27.9 Å². The third-order valence-electron chi connectivity index (χ3n) is 3.63. The lowest BCUT2D eigenvalue weighted by Gasteiger charge is -2.12. The lowest BCUT2D eigenvalue weighted by Crippen LogP contribution is -2.26. The first kappa shape index (κ1) is 19.0. The average molecular weight is 454 g/mol. The van der Waals surface area contributed by atoms with Crippen molar-refractivity contribution >= 4 is 34.4 Å². The van der Waals surface area contributed by atoms with Crippen molar-refractivity contribution in [2.75, 3.05) is 20.8 Å². The average Bonchev–Trinajstić information content (AvgIpc) is 2.61. The molecule has 0 saturated carbocycles. The maximum absolute atomic E-state index is 12.4. The van der Waals surface area contributed by atoms with E-state index in [0.29, 0.717) is 35.6 Å². The summed E-state index contributed by atoms with van der Waals surface area (Å²) in [7, 11) is 3.08. The van der Waals surface area contributed by atoms with Crippen LogP contribution in [0.25, 0.3) is 0 Å². The number of carbonyl (C=O) groups is 2. The standard InChI is InChI=1S/C18H19IN2O4/c1-24-15-9-13(14(19)10-16(15)25-2)18(23)21-7-6-11-4-3-5-12(8-11)17(20)22/h3-5,8-10H,6-7H2,1-2H3,(H2,20,22)(H,21,23). The smallest absolute Gasteiger partial charge is 0.252 e. The number of nitrogens with two attached hydrogens (primary N) is 1. The zero-order chi connectivity index (χ0) is 18.4. The van der Waals surface area contributed by atoms with Crippen LogP contribution >= 0.6 is 22.6 Å². The highest BCUT2D eigenvalue weighted by Crippen LogP contribution is 2.31. The van der Waals surface area contributed by atoms with Gasteiger partial charge >= 0.3 is 0 Å².